The Morgan fingerprint density at radius 2 is 2.30 bits per heavy atom. The number of pyridine rings is 1. The van der Waals surface area contributed by atoms with Crippen LogP contribution in [-0.2, 0) is 20.9 Å². The molecule has 1 aromatic heterocycles. The van der Waals surface area contributed by atoms with Crippen LogP contribution < -0.4 is 10.6 Å². The van der Waals surface area contributed by atoms with Crippen LogP contribution in [0, 0.1) is 5.92 Å². The Morgan fingerprint density at radius 3 is 3.07 bits per heavy atom. The molecule has 1 aliphatic heterocycles. The van der Waals surface area contributed by atoms with E-state index in [4.69, 9.17) is 4.74 Å². The van der Waals surface area contributed by atoms with Crippen LogP contribution in [0.5, 0.6) is 0 Å². The summed E-state index contributed by atoms with van der Waals surface area (Å²) >= 11 is 0. The average molecular weight is 377 g/mol. The summed E-state index contributed by atoms with van der Waals surface area (Å²) in [5.41, 5.74) is 1.14. The van der Waals surface area contributed by atoms with Gasteiger partial charge in [-0.05, 0) is 43.9 Å². The van der Waals surface area contributed by atoms with E-state index in [2.05, 4.69) is 26.6 Å². The van der Waals surface area contributed by atoms with E-state index in [1.54, 1.807) is 13.3 Å². The third kappa shape index (κ3) is 8.49. The Kier molecular flexibility index (Phi) is 9.79. The van der Waals surface area contributed by atoms with Crippen molar-refractivity contribution in [2.24, 2.45) is 5.92 Å². The molecule has 1 saturated heterocycles. The second-order valence-corrected chi connectivity index (χ2v) is 7.00. The Hall–Kier alpha value is -1.99. The van der Waals surface area contributed by atoms with Gasteiger partial charge in [0, 0.05) is 64.6 Å². The third-order valence-corrected chi connectivity index (χ3v) is 4.82. The van der Waals surface area contributed by atoms with E-state index in [9.17, 15) is 9.59 Å². The maximum atomic E-state index is 12.5. The zero-order valence-electron chi connectivity index (χ0n) is 16.3. The van der Waals surface area contributed by atoms with E-state index in [-0.39, 0.29) is 17.7 Å². The number of carbonyl (C=O) groups excluding carboxylic acids is 2. The van der Waals surface area contributed by atoms with Gasteiger partial charge in [-0.1, -0.05) is 6.07 Å². The van der Waals surface area contributed by atoms with Crippen molar-refractivity contribution >= 4 is 11.8 Å². The quantitative estimate of drug-likeness (QED) is 0.702. The van der Waals surface area contributed by atoms with Gasteiger partial charge in [-0.15, -0.1) is 0 Å². The molecule has 7 heteroatoms. The van der Waals surface area contributed by atoms with Crippen LogP contribution in [-0.4, -0.2) is 61.6 Å². The molecule has 1 atom stereocenters. The summed E-state index contributed by atoms with van der Waals surface area (Å²) in [4.78, 5) is 31.0. The predicted octanol–water partition coefficient (Wildman–Crippen LogP) is 1.34. The van der Waals surface area contributed by atoms with Gasteiger partial charge < -0.3 is 15.4 Å². The average Bonchev–Trinajstić information content (AvgIpc) is 2.72. The van der Waals surface area contributed by atoms with Gasteiger partial charge in [-0.2, -0.15) is 0 Å². The molecule has 2 heterocycles. The summed E-state index contributed by atoms with van der Waals surface area (Å²) in [5.74, 6) is 0.0666. The number of ether oxygens (including phenoxy) is 1. The molecule has 7 nitrogen and oxygen atoms in total. The molecule has 0 bridgehead atoms. The lowest BCUT2D eigenvalue weighted by molar-refractivity contribution is -0.126. The normalized spacial score (nSPS) is 19.7. The van der Waals surface area contributed by atoms with Gasteiger partial charge in [0.2, 0.25) is 11.8 Å². The first-order valence-electron chi connectivity index (χ1n) is 9.83. The van der Waals surface area contributed by atoms with Crippen molar-refractivity contribution in [1.29, 1.82) is 0 Å². The summed E-state index contributed by atoms with van der Waals surface area (Å²) in [6.45, 7) is 4.18. The summed E-state index contributed by atoms with van der Waals surface area (Å²) in [5, 5.41) is 5.94. The van der Waals surface area contributed by atoms with Crippen LogP contribution in [0.4, 0.5) is 0 Å². The first kappa shape index (κ1) is 21.3. The van der Waals surface area contributed by atoms with Gasteiger partial charge in [0.1, 0.15) is 0 Å². The Labute approximate surface area is 161 Å². The highest BCUT2D eigenvalue weighted by atomic mass is 16.5. The summed E-state index contributed by atoms with van der Waals surface area (Å²) < 4.78 is 5.01. The lowest BCUT2D eigenvalue weighted by Gasteiger charge is -2.22. The highest BCUT2D eigenvalue weighted by Crippen LogP contribution is 2.14. The minimum Gasteiger partial charge on any atom is -0.385 e. The molecule has 0 aromatic carbocycles. The van der Waals surface area contributed by atoms with Crippen molar-refractivity contribution in [1.82, 2.24) is 20.5 Å². The fourth-order valence-electron chi connectivity index (χ4n) is 3.29. The number of rotatable bonds is 7. The van der Waals surface area contributed by atoms with E-state index in [1.807, 2.05) is 12.3 Å². The van der Waals surface area contributed by atoms with Crippen molar-refractivity contribution in [3.8, 4) is 0 Å². The molecule has 0 radical (unpaired) electrons. The summed E-state index contributed by atoms with van der Waals surface area (Å²) in [6, 6.07) is 3.98. The van der Waals surface area contributed by atoms with Gasteiger partial charge >= 0.3 is 0 Å². The Morgan fingerprint density at radius 1 is 1.41 bits per heavy atom. The number of hydrogen-bond acceptors (Lipinski definition) is 5. The minimum absolute atomic E-state index is 0.0485. The molecule has 0 aliphatic carbocycles. The molecule has 0 saturated carbocycles. The van der Waals surface area contributed by atoms with Crippen LogP contribution in [0.2, 0.25) is 0 Å². The SMILES string of the molecule is COCCCNC(=O)C1CCCN(Cc2cccnc2)CCC(=O)NCC1. The monoisotopic (exact) mass is 376 g/mol. The van der Waals surface area contributed by atoms with Crippen molar-refractivity contribution in [2.45, 2.75) is 38.6 Å². The fraction of sp³-hybridized carbons (Fsp3) is 0.650. The van der Waals surface area contributed by atoms with E-state index in [1.165, 1.54) is 0 Å². The first-order chi connectivity index (χ1) is 13.2. The lowest BCUT2D eigenvalue weighted by atomic mass is 9.98. The molecule has 2 rings (SSSR count). The third-order valence-electron chi connectivity index (χ3n) is 4.82. The highest BCUT2D eigenvalue weighted by molar-refractivity contribution is 5.79. The van der Waals surface area contributed by atoms with E-state index >= 15 is 0 Å². The molecule has 1 unspecified atom stereocenters. The minimum atomic E-state index is -0.0637. The first-order valence-corrected chi connectivity index (χ1v) is 9.83. The zero-order valence-corrected chi connectivity index (χ0v) is 16.3. The Balaban J connectivity index is 1.89. The number of hydrogen-bond donors (Lipinski definition) is 2. The molecule has 2 N–H and O–H groups in total. The number of carbonyl (C=O) groups is 2. The van der Waals surface area contributed by atoms with Crippen molar-refractivity contribution in [3.05, 3.63) is 30.1 Å². The summed E-state index contributed by atoms with van der Waals surface area (Å²) in [6.07, 6.45) is 7.37. The van der Waals surface area contributed by atoms with E-state index in [0.717, 1.165) is 37.9 Å². The number of nitrogens with one attached hydrogen (secondary N) is 2. The molecule has 0 spiro atoms. The fourth-order valence-corrected chi connectivity index (χ4v) is 3.29. The van der Waals surface area contributed by atoms with E-state index in [0.29, 0.717) is 39.1 Å². The second-order valence-electron chi connectivity index (χ2n) is 7.00. The van der Waals surface area contributed by atoms with Crippen LogP contribution in [0.25, 0.3) is 0 Å². The Bertz CT molecular complexity index is 568. The number of methoxy groups -OCH3 is 1. The molecule has 1 aromatic rings. The van der Waals surface area contributed by atoms with Crippen LogP contribution in [0.3, 0.4) is 0 Å². The van der Waals surface area contributed by atoms with Gasteiger partial charge in [0.15, 0.2) is 0 Å². The predicted molar refractivity (Wildman–Crippen MR) is 104 cm³/mol. The molecule has 1 aliphatic rings. The lowest BCUT2D eigenvalue weighted by Crippen LogP contribution is -2.34. The second kappa shape index (κ2) is 12.4. The standard InChI is InChI=1S/C20H32N4O3/c1-27-14-4-10-23-20(26)18-6-3-12-24(13-8-19(25)22-11-7-18)16-17-5-2-9-21-15-17/h2,5,9,15,18H,3-4,6-8,10-14,16H2,1H3,(H,22,25)(H,23,26). The largest absolute Gasteiger partial charge is 0.385 e. The maximum Gasteiger partial charge on any atom is 0.223 e. The molecule has 2 amide bonds. The van der Waals surface area contributed by atoms with Crippen LogP contribution >= 0.6 is 0 Å². The molecular weight excluding hydrogens is 344 g/mol. The molecule has 27 heavy (non-hydrogen) atoms. The molecule has 150 valence electrons. The van der Waals surface area contributed by atoms with Crippen molar-refractivity contribution in [2.75, 3.05) is 39.9 Å². The topological polar surface area (TPSA) is 83.6 Å². The van der Waals surface area contributed by atoms with Gasteiger partial charge in [0.05, 0.1) is 0 Å². The number of nitrogens with zero attached hydrogens (tertiary/aromatic N) is 2. The van der Waals surface area contributed by atoms with Crippen LogP contribution in [0.1, 0.15) is 37.7 Å². The number of aromatic nitrogens is 1. The molecular formula is C20H32N4O3. The highest BCUT2D eigenvalue weighted by Gasteiger charge is 2.20. The zero-order chi connectivity index (χ0) is 19.3. The van der Waals surface area contributed by atoms with Gasteiger partial charge in [0.25, 0.3) is 0 Å². The smallest absolute Gasteiger partial charge is 0.223 e. The van der Waals surface area contributed by atoms with Gasteiger partial charge in [-0.25, -0.2) is 0 Å². The maximum absolute atomic E-state index is 12.5. The van der Waals surface area contributed by atoms with E-state index < -0.39 is 0 Å². The van der Waals surface area contributed by atoms with Crippen molar-refractivity contribution < 1.29 is 14.3 Å². The molecule has 1 fully saturated rings. The van der Waals surface area contributed by atoms with Crippen molar-refractivity contribution in [3.63, 3.8) is 0 Å². The van der Waals surface area contributed by atoms with Crippen LogP contribution in [0.15, 0.2) is 24.5 Å². The van der Waals surface area contributed by atoms with Gasteiger partial charge in [-0.3, -0.25) is 19.5 Å². The summed E-state index contributed by atoms with van der Waals surface area (Å²) in [7, 11) is 1.66. The number of amides is 2.